The quantitative estimate of drug-likeness (QED) is 0.623. The largest absolute Gasteiger partial charge is 0.496 e. The second-order valence-corrected chi connectivity index (χ2v) is 8.34. The van der Waals surface area contributed by atoms with Crippen molar-refractivity contribution < 1.29 is 19.0 Å². The number of methoxy groups -OCH3 is 3. The van der Waals surface area contributed by atoms with Gasteiger partial charge in [-0.2, -0.15) is 0 Å². The van der Waals surface area contributed by atoms with Gasteiger partial charge in [-0.05, 0) is 43.0 Å². The van der Waals surface area contributed by atoms with Crippen LogP contribution in [0.1, 0.15) is 37.0 Å². The highest BCUT2D eigenvalue weighted by molar-refractivity contribution is 6.08. The van der Waals surface area contributed by atoms with Crippen LogP contribution in [0.5, 0.6) is 17.2 Å². The minimum absolute atomic E-state index is 0.0630. The maximum Gasteiger partial charge on any atom is 0.262 e. The van der Waals surface area contributed by atoms with E-state index in [-0.39, 0.29) is 11.9 Å². The molecule has 31 heavy (non-hydrogen) atoms. The molecule has 0 N–H and O–H groups in total. The molecule has 1 heterocycles. The Morgan fingerprint density at radius 1 is 0.968 bits per heavy atom. The van der Waals surface area contributed by atoms with Crippen LogP contribution < -0.4 is 19.1 Å². The molecule has 0 aliphatic carbocycles. The zero-order valence-electron chi connectivity index (χ0n) is 19.3. The molecule has 6 heteroatoms. The SMILES string of the molecule is COc1ccc(N(C(=O)c2ccccc2OC)C2CCN(CC(C)C)CC2)cc1OC. The lowest BCUT2D eigenvalue weighted by molar-refractivity contribution is 0.0954. The van der Waals surface area contributed by atoms with E-state index in [1.54, 1.807) is 21.3 Å². The van der Waals surface area contributed by atoms with E-state index in [1.165, 1.54) is 0 Å². The molecule has 0 atom stereocenters. The highest BCUT2D eigenvalue weighted by atomic mass is 16.5. The molecule has 0 saturated carbocycles. The van der Waals surface area contributed by atoms with Crippen molar-refractivity contribution in [3.63, 3.8) is 0 Å². The van der Waals surface area contributed by atoms with E-state index < -0.39 is 0 Å². The zero-order chi connectivity index (χ0) is 22.4. The maximum absolute atomic E-state index is 13.8. The van der Waals surface area contributed by atoms with Crippen LogP contribution in [0.25, 0.3) is 0 Å². The summed E-state index contributed by atoms with van der Waals surface area (Å²) in [5.74, 6) is 2.40. The molecule has 168 valence electrons. The van der Waals surface area contributed by atoms with Gasteiger partial charge in [-0.25, -0.2) is 0 Å². The molecule has 2 aromatic rings. The molecule has 1 aliphatic heterocycles. The summed E-state index contributed by atoms with van der Waals surface area (Å²) in [5.41, 5.74) is 1.36. The Bertz CT molecular complexity index is 876. The Balaban J connectivity index is 1.96. The predicted octanol–water partition coefficient (Wildman–Crippen LogP) is 4.48. The third-order valence-electron chi connectivity index (χ3n) is 5.75. The van der Waals surface area contributed by atoms with Gasteiger partial charge in [0.2, 0.25) is 0 Å². The molecule has 6 nitrogen and oxygen atoms in total. The number of hydrogen-bond acceptors (Lipinski definition) is 5. The number of nitrogens with zero attached hydrogens (tertiary/aromatic N) is 2. The minimum atomic E-state index is -0.0630. The fourth-order valence-electron chi connectivity index (χ4n) is 4.30. The Kier molecular flexibility index (Phi) is 7.80. The summed E-state index contributed by atoms with van der Waals surface area (Å²) >= 11 is 0. The van der Waals surface area contributed by atoms with Crippen LogP contribution in [0.4, 0.5) is 5.69 Å². The Labute approximate surface area is 185 Å². The number of benzene rings is 2. The molecule has 2 aromatic carbocycles. The Morgan fingerprint density at radius 3 is 2.23 bits per heavy atom. The number of piperidine rings is 1. The molecule has 0 spiro atoms. The molecule has 3 rings (SSSR count). The number of para-hydroxylation sites is 1. The summed E-state index contributed by atoms with van der Waals surface area (Å²) in [5, 5.41) is 0. The van der Waals surface area contributed by atoms with Gasteiger partial charge in [0.25, 0.3) is 5.91 Å². The summed E-state index contributed by atoms with van der Waals surface area (Å²) in [4.78, 5) is 18.2. The molecule has 1 fully saturated rings. The zero-order valence-corrected chi connectivity index (χ0v) is 19.3. The van der Waals surface area contributed by atoms with Crippen LogP contribution in [0.15, 0.2) is 42.5 Å². The lowest BCUT2D eigenvalue weighted by Crippen LogP contribution is -2.48. The minimum Gasteiger partial charge on any atom is -0.496 e. The van der Waals surface area contributed by atoms with Gasteiger partial charge >= 0.3 is 0 Å². The topological polar surface area (TPSA) is 51.2 Å². The smallest absolute Gasteiger partial charge is 0.262 e. The average Bonchev–Trinajstić information content (AvgIpc) is 2.79. The van der Waals surface area contributed by atoms with Crippen molar-refractivity contribution >= 4 is 11.6 Å². The predicted molar refractivity (Wildman–Crippen MR) is 124 cm³/mol. The van der Waals surface area contributed by atoms with Crippen LogP contribution in [0.3, 0.4) is 0 Å². The van der Waals surface area contributed by atoms with Gasteiger partial charge < -0.3 is 24.0 Å². The van der Waals surface area contributed by atoms with E-state index in [4.69, 9.17) is 14.2 Å². The highest BCUT2D eigenvalue weighted by Gasteiger charge is 2.31. The third kappa shape index (κ3) is 5.31. The molecular formula is C25H34N2O4. The van der Waals surface area contributed by atoms with Gasteiger partial charge in [-0.15, -0.1) is 0 Å². The van der Waals surface area contributed by atoms with Crippen molar-refractivity contribution in [1.82, 2.24) is 4.90 Å². The Hall–Kier alpha value is -2.73. The van der Waals surface area contributed by atoms with E-state index in [0.29, 0.717) is 28.7 Å². The first-order valence-electron chi connectivity index (χ1n) is 10.9. The average molecular weight is 427 g/mol. The highest BCUT2D eigenvalue weighted by Crippen LogP contribution is 2.35. The first-order valence-corrected chi connectivity index (χ1v) is 10.9. The summed E-state index contributed by atoms with van der Waals surface area (Å²) in [6.45, 7) is 7.53. The second-order valence-electron chi connectivity index (χ2n) is 8.34. The van der Waals surface area contributed by atoms with Gasteiger partial charge in [-0.1, -0.05) is 26.0 Å². The standard InChI is InChI=1S/C25H34N2O4/c1-18(2)17-26-14-12-19(13-15-26)27(20-10-11-23(30-4)24(16-20)31-5)25(28)21-8-6-7-9-22(21)29-3/h6-11,16,18-19H,12-15,17H2,1-5H3. The summed E-state index contributed by atoms with van der Waals surface area (Å²) in [6, 6.07) is 13.1. The number of likely N-dealkylation sites (tertiary alicyclic amines) is 1. The number of anilines is 1. The molecule has 0 bridgehead atoms. The van der Waals surface area contributed by atoms with E-state index in [1.807, 2.05) is 47.4 Å². The lowest BCUT2D eigenvalue weighted by atomic mass is 9.99. The van der Waals surface area contributed by atoms with Gasteiger partial charge in [-0.3, -0.25) is 4.79 Å². The summed E-state index contributed by atoms with van der Waals surface area (Å²) in [6.07, 6.45) is 1.84. The molecule has 1 amide bonds. The number of carbonyl (C=O) groups is 1. The van der Waals surface area contributed by atoms with E-state index in [9.17, 15) is 4.79 Å². The second kappa shape index (κ2) is 10.5. The maximum atomic E-state index is 13.8. The molecular weight excluding hydrogens is 392 g/mol. The van der Waals surface area contributed by atoms with E-state index in [0.717, 1.165) is 38.2 Å². The van der Waals surface area contributed by atoms with Crippen LogP contribution in [0.2, 0.25) is 0 Å². The summed E-state index contributed by atoms with van der Waals surface area (Å²) < 4.78 is 16.4. The molecule has 0 radical (unpaired) electrons. The molecule has 0 unspecified atom stereocenters. The van der Waals surface area contributed by atoms with Crippen LogP contribution in [-0.4, -0.2) is 57.8 Å². The number of hydrogen-bond donors (Lipinski definition) is 0. The van der Waals surface area contributed by atoms with Crippen molar-refractivity contribution in [3.05, 3.63) is 48.0 Å². The van der Waals surface area contributed by atoms with Crippen molar-refractivity contribution in [2.75, 3.05) is 45.9 Å². The number of rotatable bonds is 8. The number of ether oxygens (including phenoxy) is 3. The van der Waals surface area contributed by atoms with Gasteiger partial charge in [0.15, 0.2) is 11.5 Å². The fourth-order valence-corrected chi connectivity index (χ4v) is 4.30. The fraction of sp³-hybridized carbons (Fsp3) is 0.480. The third-order valence-corrected chi connectivity index (χ3v) is 5.75. The van der Waals surface area contributed by atoms with E-state index in [2.05, 4.69) is 18.7 Å². The summed E-state index contributed by atoms with van der Waals surface area (Å²) in [7, 11) is 4.81. The van der Waals surface area contributed by atoms with Gasteiger partial charge in [0.1, 0.15) is 5.75 Å². The normalized spacial score (nSPS) is 15.0. The van der Waals surface area contributed by atoms with Crippen molar-refractivity contribution in [2.24, 2.45) is 5.92 Å². The van der Waals surface area contributed by atoms with Gasteiger partial charge in [0.05, 0.1) is 26.9 Å². The molecule has 1 saturated heterocycles. The van der Waals surface area contributed by atoms with Crippen molar-refractivity contribution in [2.45, 2.75) is 32.7 Å². The van der Waals surface area contributed by atoms with Crippen molar-refractivity contribution in [3.8, 4) is 17.2 Å². The lowest BCUT2D eigenvalue weighted by Gasteiger charge is -2.39. The molecule has 1 aliphatic rings. The monoisotopic (exact) mass is 426 g/mol. The number of amides is 1. The molecule has 0 aromatic heterocycles. The van der Waals surface area contributed by atoms with Gasteiger partial charge in [0, 0.05) is 37.4 Å². The number of carbonyl (C=O) groups excluding carboxylic acids is 1. The van der Waals surface area contributed by atoms with Crippen LogP contribution in [-0.2, 0) is 0 Å². The Morgan fingerprint density at radius 2 is 1.61 bits per heavy atom. The van der Waals surface area contributed by atoms with E-state index >= 15 is 0 Å². The van der Waals surface area contributed by atoms with Crippen LogP contribution in [0, 0.1) is 5.92 Å². The first kappa shape index (κ1) is 22.9. The first-order chi connectivity index (χ1) is 15.0. The van der Waals surface area contributed by atoms with Crippen LogP contribution >= 0.6 is 0 Å². The van der Waals surface area contributed by atoms with Crippen molar-refractivity contribution in [1.29, 1.82) is 0 Å².